The van der Waals surface area contributed by atoms with E-state index in [1.807, 2.05) is 31.2 Å². The number of ether oxygens (including phenoxy) is 3. The minimum Gasteiger partial charge on any atom is -0.496 e. The topological polar surface area (TPSA) is 78.4 Å². The van der Waals surface area contributed by atoms with Gasteiger partial charge in [0.2, 0.25) is 0 Å². The van der Waals surface area contributed by atoms with Crippen LogP contribution in [-0.2, 0) is 9.63 Å². The van der Waals surface area contributed by atoms with Crippen molar-refractivity contribution in [3.05, 3.63) is 52.5 Å². The van der Waals surface area contributed by atoms with Crippen LogP contribution in [0, 0.1) is 0 Å². The number of nitrogens with zero attached hydrogens (tertiary/aromatic N) is 1. The molecule has 2 rings (SSSR count). The Morgan fingerprint density at radius 2 is 1.86 bits per heavy atom. The van der Waals surface area contributed by atoms with Crippen molar-refractivity contribution in [2.24, 2.45) is 5.16 Å². The van der Waals surface area contributed by atoms with Crippen molar-refractivity contribution in [3.63, 3.8) is 0 Å². The Morgan fingerprint density at radius 3 is 2.54 bits per heavy atom. The summed E-state index contributed by atoms with van der Waals surface area (Å²) in [5, 5.41) is 7.02. The van der Waals surface area contributed by atoms with E-state index in [0.717, 1.165) is 5.56 Å². The number of benzene rings is 2. The maximum absolute atomic E-state index is 12.1. The van der Waals surface area contributed by atoms with E-state index in [9.17, 15) is 4.79 Å². The first-order valence-corrected chi connectivity index (χ1v) is 8.87. The second-order valence-corrected chi connectivity index (χ2v) is 6.18. The zero-order valence-corrected chi connectivity index (χ0v) is 16.9. The van der Waals surface area contributed by atoms with Gasteiger partial charge >= 0.3 is 0 Å². The van der Waals surface area contributed by atoms with Gasteiger partial charge in [0.05, 0.1) is 38.6 Å². The van der Waals surface area contributed by atoms with E-state index in [-0.39, 0.29) is 18.6 Å². The molecule has 0 heterocycles. The molecule has 0 saturated carbocycles. The highest BCUT2D eigenvalue weighted by Crippen LogP contribution is 2.35. The molecule has 0 bridgehead atoms. The van der Waals surface area contributed by atoms with Crippen LogP contribution in [-0.4, -0.2) is 40.1 Å². The van der Waals surface area contributed by atoms with E-state index >= 15 is 0 Å². The smallest absolute Gasteiger partial charge is 0.261 e. The predicted octanol–water partition coefficient (Wildman–Crippen LogP) is 3.59. The molecule has 1 unspecified atom stereocenters. The summed E-state index contributed by atoms with van der Waals surface area (Å²) in [6.45, 7) is 1.64. The zero-order valence-electron chi connectivity index (χ0n) is 16.2. The molecule has 0 saturated heterocycles. The SMILES string of the molecule is COc1ccccc1C(C)NC(=O)CO/N=C/c1cc(Cl)c(OC)c(OC)c1. The number of amides is 1. The van der Waals surface area contributed by atoms with Gasteiger partial charge in [-0.05, 0) is 25.1 Å². The van der Waals surface area contributed by atoms with Crippen molar-refractivity contribution in [3.8, 4) is 17.2 Å². The van der Waals surface area contributed by atoms with E-state index in [1.165, 1.54) is 20.4 Å². The first-order chi connectivity index (χ1) is 13.5. The molecule has 150 valence electrons. The highest BCUT2D eigenvalue weighted by atomic mass is 35.5. The quantitative estimate of drug-likeness (QED) is 0.508. The highest BCUT2D eigenvalue weighted by Gasteiger charge is 2.14. The second-order valence-electron chi connectivity index (χ2n) is 5.78. The molecule has 2 aromatic carbocycles. The van der Waals surface area contributed by atoms with Crippen LogP contribution in [0.4, 0.5) is 0 Å². The molecule has 1 N–H and O–H groups in total. The van der Waals surface area contributed by atoms with Crippen molar-refractivity contribution >= 4 is 23.7 Å². The molecule has 0 aliphatic carbocycles. The molecule has 0 radical (unpaired) electrons. The van der Waals surface area contributed by atoms with Crippen LogP contribution in [0.25, 0.3) is 0 Å². The molecular formula is C20H23ClN2O5. The first-order valence-electron chi connectivity index (χ1n) is 8.49. The number of oxime groups is 1. The van der Waals surface area contributed by atoms with Crippen molar-refractivity contribution < 1.29 is 23.8 Å². The summed E-state index contributed by atoms with van der Waals surface area (Å²) in [6, 6.07) is 10.6. The molecule has 0 aromatic heterocycles. The van der Waals surface area contributed by atoms with Crippen molar-refractivity contribution in [1.29, 1.82) is 0 Å². The van der Waals surface area contributed by atoms with Crippen LogP contribution < -0.4 is 19.5 Å². The predicted molar refractivity (Wildman–Crippen MR) is 108 cm³/mol. The van der Waals surface area contributed by atoms with Gasteiger partial charge in [0.1, 0.15) is 5.75 Å². The maximum Gasteiger partial charge on any atom is 0.261 e. The molecule has 7 nitrogen and oxygen atoms in total. The molecule has 0 aliphatic heterocycles. The van der Waals surface area contributed by atoms with Gasteiger partial charge in [0, 0.05) is 11.1 Å². The molecule has 2 aromatic rings. The van der Waals surface area contributed by atoms with E-state index in [2.05, 4.69) is 10.5 Å². The average Bonchev–Trinajstić information content (AvgIpc) is 2.70. The standard InChI is InChI=1S/C20H23ClN2O5/c1-13(15-7-5-6-8-17(15)25-2)23-19(24)12-28-22-11-14-9-16(21)20(27-4)18(10-14)26-3/h5-11,13H,12H2,1-4H3,(H,23,24)/b22-11+. The summed E-state index contributed by atoms with van der Waals surface area (Å²) in [6.07, 6.45) is 1.44. The Bertz CT molecular complexity index is 841. The Morgan fingerprint density at radius 1 is 1.14 bits per heavy atom. The van der Waals surface area contributed by atoms with E-state index < -0.39 is 0 Å². The van der Waals surface area contributed by atoms with Crippen LogP contribution >= 0.6 is 11.6 Å². The molecule has 0 spiro atoms. The van der Waals surface area contributed by atoms with Crippen molar-refractivity contribution in [2.75, 3.05) is 27.9 Å². The third-order valence-corrected chi connectivity index (χ3v) is 4.19. The lowest BCUT2D eigenvalue weighted by molar-refractivity contribution is -0.126. The fraction of sp³-hybridized carbons (Fsp3) is 0.300. The summed E-state index contributed by atoms with van der Waals surface area (Å²) in [4.78, 5) is 17.1. The maximum atomic E-state index is 12.1. The Labute approximate surface area is 169 Å². The third-order valence-electron chi connectivity index (χ3n) is 3.91. The lowest BCUT2D eigenvalue weighted by Gasteiger charge is -2.16. The lowest BCUT2D eigenvalue weighted by atomic mass is 10.1. The number of hydrogen-bond acceptors (Lipinski definition) is 6. The summed E-state index contributed by atoms with van der Waals surface area (Å²) in [5.74, 6) is 1.31. The number of nitrogens with one attached hydrogen (secondary N) is 1. The van der Waals surface area contributed by atoms with E-state index in [1.54, 1.807) is 19.2 Å². The number of hydrogen-bond donors (Lipinski definition) is 1. The number of carbonyl (C=O) groups is 1. The largest absolute Gasteiger partial charge is 0.496 e. The van der Waals surface area contributed by atoms with Gasteiger partial charge in [-0.25, -0.2) is 0 Å². The molecular weight excluding hydrogens is 384 g/mol. The van der Waals surface area contributed by atoms with Gasteiger partial charge in [-0.15, -0.1) is 0 Å². The number of carbonyl (C=O) groups excluding carboxylic acids is 1. The highest BCUT2D eigenvalue weighted by molar-refractivity contribution is 6.32. The summed E-state index contributed by atoms with van der Waals surface area (Å²) in [7, 11) is 4.61. The summed E-state index contributed by atoms with van der Waals surface area (Å²) in [5.41, 5.74) is 1.52. The molecule has 1 atom stereocenters. The van der Waals surface area contributed by atoms with Gasteiger partial charge in [-0.1, -0.05) is 35.0 Å². The minimum atomic E-state index is -0.305. The Kier molecular flexibility index (Phi) is 7.95. The Hall–Kier alpha value is -2.93. The van der Waals surface area contributed by atoms with Crippen LogP contribution in [0.3, 0.4) is 0 Å². The minimum absolute atomic E-state index is 0.225. The van der Waals surface area contributed by atoms with Gasteiger partial charge < -0.3 is 24.4 Å². The number of para-hydroxylation sites is 1. The van der Waals surface area contributed by atoms with E-state index in [0.29, 0.717) is 27.8 Å². The van der Waals surface area contributed by atoms with E-state index in [4.69, 9.17) is 30.6 Å². The van der Waals surface area contributed by atoms with Gasteiger partial charge in [-0.3, -0.25) is 4.79 Å². The van der Waals surface area contributed by atoms with Crippen molar-refractivity contribution in [1.82, 2.24) is 5.32 Å². The van der Waals surface area contributed by atoms with Crippen LogP contribution in [0.5, 0.6) is 17.2 Å². The molecule has 0 fully saturated rings. The molecule has 0 aliphatic rings. The van der Waals surface area contributed by atoms with Crippen LogP contribution in [0.15, 0.2) is 41.6 Å². The zero-order chi connectivity index (χ0) is 20.5. The van der Waals surface area contributed by atoms with Crippen LogP contribution in [0.2, 0.25) is 5.02 Å². The van der Waals surface area contributed by atoms with Crippen LogP contribution in [0.1, 0.15) is 24.1 Å². The first kappa shape index (κ1) is 21.4. The normalized spacial score (nSPS) is 11.8. The van der Waals surface area contributed by atoms with Gasteiger partial charge in [0.25, 0.3) is 5.91 Å². The monoisotopic (exact) mass is 406 g/mol. The second kappa shape index (κ2) is 10.4. The molecule has 28 heavy (non-hydrogen) atoms. The summed E-state index contributed by atoms with van der Waals surface area (Å²) >= 11 is 6.14. The fourth-order valence-corrected chi connectivity index (χ4v) is 2.89. The van der Waals surface area contributed by atoms with Gasteiger partial charge in [-0.2, -0.15) is 0 Å². The Balaban J connectivity index is 1.91. The summed E-state index contributed by atoms with van der Waals surface area (Å²) < 4.78 is 15.7. The molecule has 8 heteroatoms. The van der Waals surface area contributed by atoms with Gasteiger partial charge in [0.15, 0.2) is 18.1 Å². The van der Waals surface area contributed by atoms with Crippen molar-refractivity contribution in [2.45, 2.75) is 13.0 Å². The number of halogens is 1. The lowest BCUT2D eigenvalue weighted by Crippen LogP contribution is -2.29. The average molecular weight is 407 g/mol. The number of rotatable bonds is 9. The number of methoxy groups -OCH3 is 3. The fourth-order valence-electron chi connectivity index (χ4n) is 2.59. The third kappa shape index (κ3) is 5.53. The molecule has 1 amide bonds.